The zero-order valence-electron chi connectivity index (χ0n) is 21.3. The van der Waals surface area contributed by atoms with Gasteiger partial charge in [0.15, 0.2) is 5.78 Å². The summed E-state index contributed by atoms with van der Waals surface area (Å²) in [5.74, 6) is 1.82. The summed E-state index contributed by atoms with van der Waals surface area (Å²) in [6, 6.07) is 34.0. The molecule has 190 valence electrons. The molecule has 2 atom stereocenters. The average Bonchev–Trinajstić information content (AvgIpc) is 3.14. The van der Waals surface area contributed by atoms with E-state index in [1.165, 1.54) is 0 Å². The van der Waals surface area contributed by atoms with Gasteiger partial charge in [-0.15, -0.1) is 0 Å². The molecule has 5 heteroatoms. The Morgan fingerprint density at radius 1 is 0.789 bits per heavy atom. The lowest BCUT2D eigenvalue weighted by molar-refractivity contribution is -0.116. The molecule has 0 amide bonds. The van der Waals surface area contributed by atoms with E-state index in [2.05, 4.69) is 47.0 Å². The van der Waals surface area contributed by atoms with Gasteiger partial charge in [0.2, 0.25) is 0 Å². The van der Waals surface area contributed by atoms with Crippen LogP contribution < -0.4 is 20.1 Å². The predicted octanol–water partition coefficient (Wildman–Crippen LogP) is 7.25. The van der Waals surface area contributed by atoms with E-state index in [1.807, 2.05) is 66.7 Å². The van der Waals surface area contributed by atoms with Gasteiger partial charge in [-0.2, -0.15) is 0 Å². The number of carbonyl (C=O) groups excluding carboxylic acids is 1. The molecule has 2 N–H and O–H groups in total. The van der Waals surface area contributed by atoms with Gasteiger partial charge in [0, 0.05) is 23.3 Å². The third kappa shape index (κ3) is 4.75. The molecule has 4 aromatic rings. The second kappa shape index (κ2) is 10.5. The molecule has 6 rings (SSSR count). The highest BCUT2D eigenvalue weighted by atomic mass is 16.5. The van der Waals surface area contributed by atoms with Gasteiger partial charge < -0.3 is 20.1 Å². The number of Topliss-reactive ketones (excluding diaryl/α,β-unsaturated/α-hetero) is 1. The SMILES string of the molecule is COc1ccc(C2CC(=O)C3=C(C2)Nc2ccccc2NC3c2ccccc2OCc2ccccc2)cc1. The van der Waals surface area contributed by atoms with Gasteiger partial charge in [-0.3, -0.25) is 4.79 Å². The topological polar surface area (TPSA) is 59.6 Å². The number of allylic oxidation sites excluding steroid dienone is 1. The molecule has 0 spiro atoms. The molecule has 1 heterocycles. The number of carbonyl (C=O) groups is 1. The quantitative estimate of drug-likeness (QED) is 0.291. The number of hydrogen-bond acceptors (Lipinski definition) is 5. The Hall–Kier alpha value is -4.51. The van der Waals surface area contributed by atoms with Crippen LogP contribution in [0.2, 0.25) is 0 Å². The van der Waals surface area contributed by atoms with E-state index >= 15 is 0 Å². The zero-order valence-corrected chi connectivity index (χ0v) is 21.3. The first-order valence-corrected chi connectivity index (χ1v) is 13.0. The minimum absolute atomic E-state index is 0.0927. The molecule has 2 unspecified atom stereocenters. The second-order valence-corrected chi connectivity index (χ2v) is 9.75. The van der Waals surface area contributed by atoms with Gasteiger partial charge in [-0.05, 0) is 53.8 Å². The predicted molar refractivity (Wildman–Crippen MR) is 151 cm³/mol. The van der Waals surface area contributed by atoms with Crippen LogP contribution in [0, 0.1) is 0 Å². The van der Waals surface area contributed by atoms with Crippen molar-refractivity contribution < 1.29 is 14.3 Å². The van der Waals surface area contributed by atoms with Crippen molar-refractivity contribution in [3.63, 3.8) is 0 Å². The normalized spacial score (nSPS) is 18.4. The summed E-state index contributed by atoms with van der Waals surface area (Å²) >= 11 is 0. The number of nitrogens with one attached hydrogen (secondary N) is 2. The van der Waals surface area contributed by atoms with Gasteiger partial charge in [0.05, 0.1) is 24.5 Å². The molecule has 2 aliphatic rings. The maximum atomic E-state index is 13.9. The standard InChI is InChI=1S/C33H30N2O3/c1-37-25-17-15-23(16-18-25)24-19-29-32(30(36)20-24)33(35-28-13-7-6-12-27(28)34-29)26-11-5-8-14-31(26)38-21-22-9-3-2-4-10-22/h2-18,24,33-35H,19-21H2,1H3. The van der Waals surface area contributed by atoms with Crippen molar-refractivity contribution in [2.45, 2.75) is 31.4 Å². The van der Waals surface area contributed by atoms with E-state index in [0.717, 1.165) is 57.3 Å². The van der Waals surface area contributed by atoms with E-state index in [1.54, 1.807) is 7.11 Å². The molecule has 0 aromatic heterocycles. The number of para-hydroxylation sites is 3. The lowest BCUT2D eigenvalue weighted by Gasteiger charge is -2.30. The van der Waals surface area contributed by atoms with Crippen LogP contribution in [0.15, 0.2) is 114 Å². The molecule has 0 saturated heterocycles. The summed E-state index contributed by atoms with van der Waals surface area (Å²) in [4.78, 5) is 13.9. The maximum absolute atomic E-state index is 13.9. The summed E-state index contributed by atoms with van der Waals surface area (Å²) in [5, 5.41) is 7.30. The first kappa shape index (κ1) is 23.9. The molecule has 0 saturated carbocycles. The molecule has 5 nitrogen and oxygen atoms in total. The first-order chi connectivity index (χ1) is 18.7. The van der Waals surface area contributed by atoms with Crippen molar-refractivity contribution in [1.82, 2.24) is 0 Å². The Balaban J connectivity index is 1.39. The third-order valence-electron chi connectivity index (χ3n) is 7.36. The fourth-order valence-electron chi connectivity index (χ4n) is 5.42. The van der Waals surface area contributed by atoms with Gasteiger partial charge in [-0.1, -0.05) is 72.8 Å². The van der Waals surface area contributed by atoms with Gasteiger partial charge >= 0.3 is 0 Å². The molecule has 1 aliphatic heterocycles. The number of ether oxygens (including phenoxy) is 2. The first-order valence-electron chi connectivity index (χ1n) is 13.0. The summed E-state index contributed by atoms with van der Waals surface area (Å²) in [6.45, 7) is 0.457. The minimum Gasteiger partial charge on any atom is -0.497 e. The number of methoxy groups -OCH3 is 1. The second-order valence-electron chi connectivity index (χ2n) is 9.75. The van der Waals surface area contributed by atoms with Gasteiger partial charge in [-0.25, -0.2) is 0 Å². The molecular formula is C33H30N2O3. The van der Waals surface area contributed by atoms with Crippen LogP contribution in [0.3, 0.4) is 0 Å². The number of hydrogen-bond donors (Lipinski definition) is 2. The van der Waals surface area contributed by atoms with Crippen LogP contribution in [-0.4, -0.2) is 12.9 Å². The fourth-order valence-corrected chi connectivity index (χ4v) is 5.42. The number of anilines is 2. The van der Waals surface area contributed by atoms with Crippen molar-refractivity contribution in [2.24, 2.45) is 0 Å². The average molecular weight is 503 g/mol. The Bertz CT molecular complexity index is 1480. The molecule has 1 aliphatic carbocycles. The van der Waals surface area contributed by atoms with Crippen LogP contribution in [0.4, 0.5) is 11.4 Å². The van der Waals surface area contributed by atoms with Crippen molar-refractivity contribution in [3.8, 4) is 11.5 Å². The molecule has 4 aromatic carbocycles. The van der Waals surface area contributed by atoms with Crippen LogP contribution in [-0.2, 0) is 11.4 Å². The van der Waals surface area contributed by atoms with E-state index in [-0.39, 0.29) is 17.7 Å². The molecular weight excluding hydrogens is 472 g/mol. The van der Waals surface area contributed by atoms with Gasteiger partial charge in [0.1, 0.15) is 18.1 Å². The monoisotopic (exact) mass is 502 g/mol. The number of rotatable bonds is 6. The van der Waals surface area contributed by atoms with E-state index < -0.39 is 0 Å². The zero-order chi connectivity index (χ0) is 25.9. The van der Waals surface area contributed by atoms with Crippen molar-refractivity contribution in [2.75, 3.05) is 17.7 Å². The Labute approximate surface area is 223 Å². The molecule has 0 bridgehead atoms. The molecule has 0 fully saturated rings. The molecule has 38 heavy (non-hydrogen) atoms. The minimum atomic E-state index is -0.336. The summed E-state index contributed by atoms with van der Waals surface area (Å²) in [5.41, 5.74) is 6.85. The van der Waals surface area contributed by atoms with Crippen LogP contribution in [0.1, 0.15) is 41.5 Å². The third-order valence-corrected chi connectivity index (χ3v) is 7.36. The number of benzene rings is 4. The number of fused-ring (bicyclic) bond motifs is 1. The van der Waals surface area contributed by atoms with Crippen molar-refractivity contribution >= 4 is 17.2 Å². The summed E-state index contributed by atoms with van der Waals surface area (Å²) in [6.07, 6.45) is 1.20. The Kier molecular flexibility index (Phi) is 6.57. The van der Waals surface area contributed by atoms with E-state index in [9.17, 15) is 4.79 Å². The smallest absolute Gasteiger partial charge is 0.163 e. The summed E-state index contributed by atoms with van der Waals surface area (Å²) in [7, 11) is 1.66. The van der Waals surface area contributed by atoms with E-state index in [4.69, 9.17) is 9.47 Å². The van der Waals surface area contributed by atoms with Crippen LogP contribution >= 0.6 is 0 Å². The number of ketones is 1. The highest BCUT2D eigenvalue weighted by Crippen LogP contribution is 2.46. The fraction of sp³-hybridized carbons (Fsp3) is 0.182. The molecule has 0 radical (unpaired) electrons. The van der Waals surface area contributed by atoms with Crippen LogP contribution in [0.25, 0.3) is 0 Å². The van der Waals surface area contributed by atoms with E-state index in [0.29, 0.717) is 13.0 Å². The highest BCUT2D eigenvalue weighted by Gasteiger charge is 2.37. The largest absolute Gasteiger partial charge is 0.497 e. The Morgan fingerprint density at radius 2 is 1.50 bits per heavy atom. The Morgan fingerprint density at radius 3 is 2.29 bits per heavy atom. The highest BCUT2D eigenvalue weighted by molar-refractivity contribution is 6.01. The van der Waals surface area contributed by atoms with Crippen LogP contribution in [0.5, 0.6) is 11.5 Å². The van der Waals surface area contributed by atoms with Crippen molar-refractivity contribution in [1.29, 1.82) is 0 Å². The summed E-state index contributed by atoms with van der Waals surface area (Å²) < 4.78 is 11.7. The lowest BCUT2D eigenvalue weighted by Crippen LogP contribution is -2.27. The lowest BCUT2D eigenvalue weighted by atomic mass is 9.78. The van der Waals surface area contributed by atoms with Gasteiger partial charge in [0.25, 0.3) is 0 Å². The maximum Gasteiger partial charge on any atom is 0.163 e. The van der Waals surface area contributed by atoms with Crippen molar-refractivity contribution in [3.05, 3.63) is 131 Å².